The van der Waals surface area contributed by atoms with E-state index >= 15 is 0 Å². The molecule has 0 heterocycles. The van der Waals surface area contributed by atoms with Crippen LogP contribution in [0, 0.1) is 0 Å². The summed E-state index contributed by atoms with van der Waals surface area (Å²) < 4.78 is 16.7. The van der Waals surface area contributed by atoms with Crippen molar-refractivity contribution >= 4 is 63.3 Å². The predicted octanol–water partition coefficient (Wildman–Crippen LogP) is 1.61. The van der Waals surface area contributed by atoms with Gasteiger partial charge in [-0.25, -0.2) is 4.79 Å². The Hall–Kier alpha value is -1.28. The number of carbonyl (C=O) groups is 2. The second-order valence-corrected chi connectivity index (χ2v) is 6.49. The van der Waals surface area contributed by atoms with Crippen LogP contribution >= 0.6 is 8.03 Å². The first-order valence-electron chi connectivity index (χ1n) is 7.48. The maximum atomic E-state index is 12.4. The number of benzene rings is 2. The van der Waals surface area contributed by atoms with Crippen molar-refractivity contribution in [1.29, 1.82) is 0 Å². The molecule has 10 heteroatoms. The smallest absolute Gasteiger partial charge is 0.335 e. The molecule has 0 spiro atoms. The Morgan fingerprint density at radius 2 is 1.63 bits per heavy atom. The summed E-state index contributed by atoms with van der Waals surface area (Å²) in [6, 6.07) is 14.7. The quantitative estimate of drug-likeness (QED) is 0.476. The van der Waals surface area contributed by atoms with Gasteiger partial charge in [-0.05, 0) is 29.8 Å². The topological polar surface area (TPSA) is 113 Å². The van der Waals surface area contributed by atoms with Crippen molar-refractivity contribution < 1.29 is 28.9 Å². The van der Waals surface area contributed by atoms with Crippen LogP contribution in [0.25, 0.3) is 0 Å². The number of aliphatic hydroxyl groups is 1. The molecule has 2 aromatic rings. The van der Waals surface area contributed by atoms with Crippen molar-refractivity contribution in [3.63, 3.8) is 0 Å². The maximum Gasteiger partial charge on any atom is 0.335 e. The number of rotatable bonds is 8. The molecular weight excluding hydrogens is 359 g/mol. The summed E-state index contributed by atoms with van der Waals surface area (Å²) in [6.45, 7) is 0. The van der Waals surface area contributed by atoms with E-state index in [4.69, 9.17) is 14.7 Å². The molecule has 1 amide bonds. The summed E-state index contributed by atoms with van der Waals surface area (Å²) >= 11 is 0. The minimum Gasteiger partial charge on any atom is -0.478 e. The van der Waals surface area contributed by atoms with Gasteiger partial charge in [-0.3, -0.25) is 9.36 Å². The van der Waals surface area contributed by atoms with E-state index in [1.54, 1.807) is 0 Å². The summed E-state index contributed by atoms with van der Waals surface area (Å²) in [4.78, 5) is 23.3. The molecule has 0 bridgehead atoms. The zero-order valence-electron chi connectivity index (χ0n) is 15.2. The molecule has 0 saturated heterocycles. The molecule has 7 nitrogen and oxygen atoms in total. The van der Waals surface area contributed by atoms with Crippen LogP contribution in [-0.4, -0.2) is 72.3 Å². The van der Waals surface area contributed by atoms with E-state index in [1.807, 2.05) is 30.3 Å². The first-order chi connectivity index (χ1) is 12.0. The van der Waals surface area contributed by atoms with E-state index in [-0.39, 0.29) is 49.7 Å². The number of aliphatic hydroxyl groups excluding tert-OH is 1. The van der Waals surface area contributed by atoms with Crippen LogP contribution in [0.15, 0.2) is 54.6 Å². The van der Waals surface area contributed by atoms with Crippen LogP contribution in [-0.2, 0) is 20.3 Å². The Morgan fingerprint density at radius 1 is 1.04 bits per heavy atom. The number of carboxylic acids is 1. The van der Waals surface area contributed by atoms with Crippen LogP contribution in [0.3, 0.4) is 0 Å². The largest absolute Gasteiger partial charge is 0.478 e. The Labute approximate surface area is 181 Å². The van der Waals surface area contributed by atoms with Crippen molar-refractivity contribution in [3.8, 4) is 0 Å². The predicted molar refractivity (Wildman–Crippen MR) is 105 cm³/mol. The van der Waals surface area contributed by atoms with Crippen LogP contribution < -0.4 is 5.32 Å². The van der Waals surface area contributed by atoms with E-state index in [2.05, 4.69) is 5.32 Å². The van der Waals surface area contributed by atoms with E-state index in [0.717, 1.165) is 5.56 Å². The van der Waals surface area contributed by atoms with Gasteiger partial charge in [-0.15, -0.1) is 0 Å². The van der Waals surface area contributed by atoms with Crippen LogP contribution in [0.2, 0.25) is 0 Å². The molecule has 27 heavy (non-hydrogen) atoms. The summed E-state index contributed by atoms with van der Waals surface area (Å²) in [7, 11) is -2.73. The minimum absolute atomic E-state index is 0. The Bertz CT molecular complexity index is 758. The Morgan fingerprint density at radius 3 is 2.15 bits per heavy atom. The molecule has 2 atom stereocenters. The maximum absolute atomic E-state index is 12.4. The van der Waals surface area contributed by atoms with E-state index in [0.29, 0.717) is 5.69 Å². The zero-order valence-corrected chi connectivity index (χ0v) is 16.2. The van der Waals surface area contributed by atoms with Gasteiger partial charge in [0.05, 0.1) is 5.56 Å². The van der Waals surface area contributed by atoms with Gasteiger partial charge in [-0.1, -0.05) is 30.3 Å². The third-order valence-corrected chi connectivity index (χ3v) is 4.16. The van der Waals surface area contributed by atoms with Gasteiger partial charge < -0.3 is 20.1 Å². The Kier molecular flexibility index (Phi) is 12.4. The average Bonchev–Trinajstić information content (AvgIpc) is 2.62. The van der Waals surface area contributed by atoms with Crippen LogP contribution in [0.1, 0.15) is 15.9 Å². The van der Waals surface area contributed by atoms with E-state index < -0.39 is 32.4 Å². The standard InChI is InChI=1S/C17H18NO6P.2Li/c19-11-25(23)24-15(10-12-4-2-1-3-5-12)16(20)18-14-8-6-13(7-9-14)17(21)22;;/h1-9,15,19,25H,10-11H2,(H,18,20)(H,21,22);;/t15-;;/m0../s1. The fourth-order valence-electron chi connectivity index (χ4n) is 2.13. The van der Waals surface area contributed by atoms with Crippen molar-refractivity contribution in [2.24, 2.45) is 0 Å². The molecule has 2 rings (SSSR count). The molecule has 134 valence electrons. The van der Waals surface area contributed by atoms with Crippen molar-refractivity contribution in [2.45, 2.75) is 12.5 Å². The fourth-order valence-corrected chi connectivity index (χ4v) is 2.71. The minimum atomic E-state index is -2.73. The van der Waals surface area contributed by atoms with Gasteiger partial charge in [0, 0.05) is 49.8 Å². The number of carbonyl (C=O) groups excluding carboxylic acids is 1. The van der Waals surface area contributed by atoms with Gasteiger partial charge in [-0.2, -0.15) is 0 Å². The molecule has 0 aliphatic heterocycles. The van der Waals surface area contributed by atoms with Crippen LogP contribution in [0.5, 0.6) is 0 Å². The van der Waals surface area contributed by atoms with Crippen molar-refractivity contribution in [2.75, 3.05) is 11.7 Å². The van der Waals surface area contributed by atoms with Crippen molar-refractivity contribution in [1.82, 2.24) is 0 Å². The summed E-state index contributed by atoms with van der Waals surface area (Å²) in [5, 5.41) is 20.4. The number of hydrogen-bond acceptors (Lipinski definition) is 5. The molecule has 2 aromatic carbocycles. The number of hydrogen-bond donors (Lipinski definition) is 3. The number of carboxylic acid groups (broad SMARTS) is 1. The molecule has 3 N–H and O–H groups in total. The molecule has 0 fully saturated rings. The third kappa shape index (κ3) is 8.51. The van der Waals surface area contributed by atoms with Gasteiger partial charge >= 0.3 is 5.97 Å². The zero-order chi connectivity index (χ0) is 18.2. The number of anilines is 1. The van der Waals surface area contributed by atoms with Crippen molar-refractivity contribution in [3.05, 3.63) is 65.7 Å². The normalized spacial score (nSPS) is 12.0. The molecule has 0 saturated carbocycles. The summed E-state index contributed by atoms with van der Waals surface area (Å²) in [6.07, 6.45) is -1.49. The van der Waals surface area contributed by atoms with Gasteiger partial charge in [0.2, 0.25) is 8.03 Å². The summed E-state index contributed by atoms with van der Waals surface area (Å²) in [5.41, 5.74) is 1.30. The molecular formula is C17H18Li2NO6P. The van der Waals surface area contributed by atoms with Gasteiger partial charge in [0.15, 0.2) is 0 Å². The number of aromatic carboxylic acids is 1. The molecule has 1 unspecified atom stereocenters. The molecule has 0 aromatic heterocycles. The third-order valence-electron chi connectivity index (χ3n) is 3.36. The molecule has 0 aliphatic rings. The fraction of sp³-hybridized carbons (Fsp3) is 0.176. The number of amides is 1. The average molecular weight is 377 g/mol. The van der Waals surface area contributed by atoms with E-state index in [9.17, 15) is 14.2 Å². The van der Waals surface area contributed by atoms with Gasteiger partial charge in [0.25, 0.3) is 5.91 Å². The second kappa shape index (κ2) is 13.0. The first-order valence-corrected chi connectivity index (χ1v) is 9.00. The molecule has 2 radical (unpaired) electrons. The number of nitrogens with one attached hydrogen (secondary N) is 1. The SMILES string of the molecule is O=C(O)c1ccc(NC(=O)[C@H](Cc2ccccc2)O[PH](=O)CO)cc1.[Li].[Li]. The van der Waals surface area contributed by atoms with E-state index in [1.165, 1.54) is 24.3 Å². The second-order valence-electron chi connectivity index (χ2n) is 5.20. The van der Waals surface area contributed by atoms with Gasteiger partial charge in [0.1, 0.15) is 12.5 Å². The summed E-state index contributed by atoms with van der Waals surface area (Å²) in [5.74, 6) is -1.59. The Balaban J connectivity index is 0.00000338. The monoisotopic (exact) mass is 377 g/mol. The first kappa shape index (κ1) is 25.7. The van der Waals surface area contributed by atoms with Crippen LogP contribution in [0.4, 0.5) is 5.69 Å². The molecule has 0 aliphatic carbocycles.